The van der Waals surface area contributed by atoms with Crippen LogP contribution >= 0.6 is 15.9 Å². The highest BCUT2D eigenvalue weighted by atomic mass is 79.9. The summed E-state index contributed by atoms with van der Waals surface area (Å²) in [6.07, 6.45) is 0.170. The molecule has 1 aromatic rings. The first-order valence-electron chi connectivity index (χ1n) is 6.04. The number of nitrogens with zero attached hydrogens (tertiary/aromatic N) is 2. The Morgan fingerprint density at radius 2 is 2.22 bits per heavy atom. The summed E-state index contributed by atoms with van der Waals surface area (Å²) in [5, 5.41) is 9.24. The third kappa shape index (κ3) is 2.85. The highest BCUT2D eigenvalue weighted by Crippen LogP contribution is 2.29. The van der Waals surface area contributed by atoms with Gasteiger partial charge in [0.1, 0.15) is 6.07 Å². The van der Waals surface area contributed by atoms with Crippen LogP contribution in [-0.4, -0.2) is 24.8 Å². The zero-order valence-electron chi connectivity index (χ0n) is 10.9. The van der Waals surface area contributed by atoms with Crippen molar-refractivity contribution in [3.05, 3.63) is 28.2 Å². The standard InChI is InChI=1S/C14H17BrN2O/c1-10-8-17(9-14(2,3)18-10)13-5-4-12(15)6-11(13)7-16/h4-6,10H,8-9H2,1-3H3. The van der Waals surface area contributed by atoms with Crippen LogP contribution in [0.25, 0.3) is 0 Å². The molecule has 18 heavy (non-hydrogen) atoms. The smallest absolute Gasteiger partial charge is 0.101 e. The number of anilines is 1. The molecule has 0 spiro atoms. The highest BCUT2D eigenvalue weighted by Gasteiger charge is 2.32. The van der Waals surface area contributed by atoms with Crippen molar-refractivity contribution in [2.75, 3.05) is 18.0 Å². The lowest BCUT2D eigenvalue weighted by molar-refractivity contribution is -0.0749. The Morgan fingerprint density at radius 1 is 1.50 bits per heavy atom. The van der Waals surface area contributed by atoms with Gasteiger partial charge in [0.2, 0.25) is 0 Å². The minimum absolute atomic E-state index is 0.170. The van der Waals surface area contributed by atoms with Crippen molar-refractivity contribution in [1.82, 2.24) is 0 Å². The SMILES string of the molecule is CC1CN(c2ccc(Br)cc2C#N)CC(C)(C)O1. The lowest BCUT2D eigenvalue weighted by Crippen LogP contribution is -2.52. The first kappa shape index (κ1) is 13.4. The summed E-state index contributed by atoms with van der Waals surface area (Å²) in [5.74, 6) is 0. The number of hydrogen-bond acceptors (Lipinski definition) is 3. The molecule has 1 unspecified atom stereocenters. The van der Waals surface area contributed by atoms with E-state index < -0.39 is 0 Å². The number of benzene rings is 1. The summed E-state index contributed by atoms with van der Waals surface area (Å²) in [5.41, 5.74) is 1.51. The molecule has 4 heteroatoms. The van der Waals surface area contributed by atoms with Crippen molar-refractivity contribution in [2.24, 2.45) is 0 Å². The molecular weight excluding hydrogens is 292 g/mol. The molecule has 0 N–H and O–H groups in total. The van der Waals surface area contributed by atoms with Crippen molar-refractivity contribution in [1.29, 1.82) is 5.26 Å². The van der Waals surface area contributed by atoms with E-state index in [9.17, 15) is 5.26 Å². The minimum Gasteiger partial charge on any atom is -0.369 e. The van der Waals surface area contributed by atoms with Gasteiger partial charge in [-0.05, 0) is 39.0 Å². The summed E-state index contributed by atoms with van der Waals surface area (Å²) in [6, 6.07) is 8.10. The summed E-state index contributed by atoms with van der Waals surface area (Å²) < 4.78 is 6.82. The second-order valence-electron chi connectivity index (χ2n) is 5.34. The second kappa shape index (κ2) is 4.91. The van der Waals surface area contributed by atoms with Crippen LogP contribution in [-0.2, 0) is 4.74 Å². The molecule has 0 amide bonds. The summed E-state index contributed by atoms with van der Waals surface area (Å²) in [7, 11) is 0. The molecule has 0 aromatic heterocycles. The minimum atomic E-state index is -0.183. The molecule has 0 radical (unpaired) electrons. The fraction of sp³-hybridized carbons (Fsp3) is 0.500. The van der Waals surface area contributed by atoms with Gasteiger partial charge in [-0.1, -0.05) is 15.9 Å². The quantitative estimate of drug-likeness (QED) is 0.798. The van der Waals surface area contributed by atoms with Gasteiger partial charge in [0.25, 0.3) is 0 Å². The number of nitriles is 1. The van der Waals surface area contributed by atoms with Gasteiger partial charge >= 0.3 is 0 Å². The van der Waals surface area contributed by atoms with E-state index in [2.05, 4.69) is 47.7 Å². The molecule has 1 heterocycles. The van der Waals surface area contributed by atoms with Gasteiger partial charge in [-0.3, -0.25) is 0 Å². The maximum absolute atomic E-state index is 9.24. The molecule has 0 bridgehead atoms. The molecular formula is C14H17BrN2O. The normalized spacial score (nSPS) is 22.6. The van der Waals surface area contributed by atoms with E-state index in [1.807, 2.05) is 18.2 Å². The first-order chi connectivity index (χ1) is 8.41. The van der Waals surface area contributed by atoms with Crippen molar-refractivity contribution in [3.63, 3.8) is 0 Å². The van der Waals surface area contributed by atoms with Gasteiger partial charge in [0.15, 0.2) is 0 Å². The van der Waals surface area contributed by atoms with E-state index in [1.54, 1.807) is 0 Å². The molecule has 1 fully saturated rings. The Morgan fingerprint density at radius 3 is 2.83 bits per heavy atom. The number of rotatable bonds is 1. The molecule has 1 aliphatic heterocycles. The van der Waals surface area contributed by atoms with Gasteiger partial charge in [-0.25, -0.2) is 0 Å². The molecule has 3 nitrogen and oxygen atoms in total. The van der Waals surface area contributed by atoms with E-state index in [-0.39, 0.29) is 11.7 Å². The van der Waals surface area contributed by atoms with Crippen molar-refractivity contribution in [2.45, 2.75) is 32.5 Å². The first-order valence-corrected chi connectivity index (χ1v) is 6.83. The van der Waals surface area contributed by atoms with E-state index in [1.165, 1.54) is 0 Å². The van der Waals surface area contributed by atoms with E-state index in [0.29, 0.717) is 5.56 Å². The Kier molecular flexibility index (Phi) is 3.65. The molecule has 2 rings (SSSR count). The van der Waals surface area contributed by atoms with E-state index in [4.69, 9.17) is 4.74 Å². The van der Waals surface area contributed by atoms with Gasteiger partial charge in [-0.2, -0.15) is 5.26 Å². The molecule has 1 saturated heterocycles. The molecule has 1 atom stereocenters. The predicted molar refractivity (Wildman–Crippen MR) is 75.7 cm³/mol. The van der Waals surface area contributed by atoms with Crippen LogP contribution in [0.4, 0.5) is 5.69 Å². The zero-order valence-corrected chi connectivity index (χ0v) is 12.5. The van der Waals surface area contributed by atoms with Crippen LogP contribution in [0.2, 0.25) is 0 Å². The number of halogens is 1. The van der Waals surface area contributed by atoms with Crippen molar-refractivity contribution < 1.29 is 4.74 Å². The van der Waals surface area contributed by atoms with Crippen LogP contribution in [0.1, 0.15) is 26.3 Å². The average Bonchev–Trinajstić information content (AvgIpc) is 2.25. The maximum atomic E-state index is 9.24. The van der Waals surface area contributed by atoms with Gasteiger partial charge in [0, 0.05) is 17.6 Å². The monoisotopic (exact) mass is 308 g/mol. The predicted octanol–water partition coefficient (Wildman–Crippen LogP) is 3.32. The van der Waals surface area contributed by atoms with Crippen molar-refractivity contribution in [3.8, 4) is 6.07 Å². The molecule has 0 aliphatic carbocycles. The van der Waals surface area contributed by atoms with Crippen LogP contribution in [0.3, 0.4) is 0 Å². The van der Waals surface area contributed by atoms with Crippen LogP contribution < -0.4 is 4.90 Å². The summed E-state index contributed by atoms with van der Waals surface area (Å²) >= 11 is 3.40. The average molecular weight is 309 g/mol. The van der Waals surface area contributed by atoms with Crippen LogP contribution in [0.15, 0.2) is 22.7 Å². The number of morpholine rings is 1. The number of ether oxygens (including phenoxy) is 1. The molecule has 96 valence electrons. The molecule has 1 aromatic carbocycles. The van der Waals surface area contributed by atoms with Crippen molar-refractivity contribution >= 4 is 21.6 Å². The third-order valence-corrected chi connectivity index (χ3v) is 3.48. The topological polar surface area (TPSA) is 36.3 Å². The Labute approximate surface area is 116 Å². The lowest BCUT2D eigenvalue weighted by atomic mass is 10.0. The number of hydrogen-bond donors (Lipinski definition) is 0. The third-order valence-electron chi connectivity index (χ3n) is 2.99. The van der Waals surface area contributed by atoms with Gasteiger partial charge < -0.3 is 9.64 Å². The molecule has 1 aliphatic rings. The Bertz CT molecular complexity index is 493. The Balaban J connectivity index is 2.34. The van der Waals surface area contributed by atoms with Crippen LogP contribution in [0.5, 0.6) is 0 Å². The van der Waals surface area contributed by atoms with E-state index >= 15 is 0 Å². The summed E-state index contributed by atoms with van der Waals surface area (Å²) in [4.78, 5) is 2.24. The van der Waals surface area contributed by atoms with E-state index in [0.717, 1.165) is 23.2 Å². The fourth-order valence-corrected chi connectivity index (χ4v) is 2.87. The fourth-order valence-electron chi connectivity index (χ4n) is 2.51. The highest BCUT2D eigenvalue weighted by molar-refractivity contribution is 9.10. The van der Waals surface area contributed by atoms with Gasteiger partial charge in [-0.15, -0.1) is 0 Å². The summed E-state index contributed by atoms with van der Waals surface area (Å²) in [6.45, 7) is 7.85. The molecule has 0 saturated carbocycles. The zero-order chi connectivity index (χ0) is 13.3. The van der Waals surface area contributed by atoms with Crippen LogP contribution in [0, 0.1) is 11.3 Å². The second-order valence-corrected chi connectivity index (χ2v) is 6.26. The maximum Gasteiger partial charge on any atom is 0.101 e. The van der Waals surface area contributed by atoms with Gasteiger partial charge in [0.05, 0.1) is 23.0 Å². The largest absolute Gasteiger partial charge is 0.369 e. The Hall–Kier alpha value is -1.05. The lowest BCUT2D eigenvalue weighted by Gasteiger charge is -2.43.